The van der Waals surface area contributed by atoms with Gasteiger partial charge in [0.2, 0.25) is 0 Å². The highest BCUT2D eigenvalue weighted by molar-refractivity contribution is 6.21. The van der Waals surface area contributed by atoms with Crippen LogP contribution in [0.5, 0.6) is 0 Å². The first-order valence-corrected chi connectivity index (χ1v) is 6.43. The summed E-state index contributed by atoms with van der Waals surface area (Å²) in [6.07, 6.45) is 2.20. The molecule has 0 bridgehead atoms. The Kier molecular flexibility index (Phi) is 2.88. The summed E-state index contributed by atoms with van der Waals surface area (Å²) in [5.74, 6) is 0.114. The van der Waals surface area contributed by atoms with E-state index < -0.39 is 0 Å². The molecule has 0 aromatic heterocycles. The number of nitrogens with one attached hydrogen (secondary N) is 1. The van der Waals surface area contributed by atoms with Crippen LogP contribution in [0.4, 0.5) is 0 Å². The van der Waals surface area contributed by atoms with E-state index in [2.05, 4.69) is 5.32 Å². The standard InChI is InChI=1S/C14H16N2O2/c17-13-11-5-1-2-6-12(11)14(18)16(13)9-10-4-3-7-15-8-10/h1-2,5-6,10,15H,3-4,7-9H2/t10-/m0/s1. The summed E-state index contributed by atoms with van der Waals surface area (Å²) in [5.41, 5.74) is 1.09. The number of hydrogen-bond acceptors (Lipinski definition) is 3. The molecule has 1 fully saturated rings. The molecule has 0 unspecified atom stereocenters. The fraction of sp³-hybridized carbons (Fsp3) is 0.429. The Labute approximate surface area is 106 Å². The number of fused-ring (bicyclic) bond motifs is 1. The summed E-state index contributed by atoms with van der Waals surface area (Å²) in [6.45, 7) is 2.48. The molecule has 1 atom stereocenters. The molecule has 2 amide bonds. The van der Waals surface area contributed by atoms with Gasteiger partial charge in [0.05, 0.1) is 11.1 Å². The second kappa shape index (κ2) is 4.53. The highest BCUT2D eigenvalue weighted by atomic mass is 16.2. The van der Waals surface area contributed by atoms with E-state index in [1.807, 2.05) is 0 Å². The van der Waals surface area contributed by atoms with Crippen molar-refractivity contribution in [1.29, 1.82) is 0 Å². The fourth-order valence-corrected chi connectivity index (χ4v) is 2.74. The second-order valence-electron chi connectivity index (χ2n) is 4.98. The van der Waals surface area contributed by atoms with E-state index in [0.717, 1.165) is 25.9 Å². The Bertz CT molecular complexity index is 457. The zero-order chi connectivity index (χ0) is 12.5. The maximum Gasteiger partial charge on any atom is 0.261 e. The predicted molar refractivity (Wildman–Crippen MR) is 67.4 cm³/mol. The third-order valence-corrected chi connectivity index (χ3v) is 3.72. The molecule has 4 nitrogen and oxygen atoms in total. The van der Waals surface area contributed by atoms with Crippen molar-refractivity contribution in [3.63, 3.8) is 0 Å². The molecule has 94 valence electrons. The van der Waals surface area contributed by atoms with E-state index in [0.29, 0.717) is 23.6 Å². The van der Waals surface area contributed by atoms with Crippen LogP contribution in [0.3, 0.4) is 0 Å². The van der Waals surface area contributed by atoms with Crippen molar-refractivity contribution in [3.05, 3.63) is 35.4 Å². The van der Waals surface area contributed by atoms with Gasteiger partial charge in [0.15, 0.2) is 0 Å². The van der Waals surface area contributed by atoms with E-state index in [1.165, 1.54) is 4.90 Å². The van der Waals surface area contributed by atoms with Crippen LogP contribution in [0.25, 0.3) is 0 Å². The molecule has 2 heterocycles. The molecule has 4 heteroatoms. The Balaban J connectivity index is 1.79. The van der Waals surface area contributed by atoms with E-state index in [-0.39, 0.29) is 11.8 Å². The average Bonchev–Trinajstić information content (AvgIpc) is 2.66. The van der Waals surface area contributed by atoms with Crippen LogP contribution in [0.1, 0.15) is 33.6 Å². The largest absolute Gasteiger partial charge is 0.316 e. The van der Waals surface area contributed by atoms with Crippen LogP contribution >= 0.6 is 0 Å². The SMILES string of the molecule is O=C1c2ccccc2C(=O)N1C[C@H]1CCCNC1. The molecule has 0 saturated carbocycles. The third kappa shape index (κ3) is 1.82. The minimum absolute atomic E-state index is 0.138. The molecule has 3 rings (SSSR count). The number of carbonyl (C=O) groups is 2. The number of piperidine rings is 1. The van der Waals surface area contributed by atoms with Crippen molar-refractivity contribution < 1.29 is 9.59 Å². The Morgan fingerprint density at radius 3 is 2.39 bits per heavy atom. The van der Waals surface area contributed by atoms with Gasteiger partial charge in [-0.2, -0.15) is 0 Å². The summed E-state index contributed by atoms with van der Waals surface area (Å²) in [6, 6.07) is 7.06. The summed E-state index contributed by atoms with van der Waals surface area (Å²) >= 11 is 0. The lowest BCUT2D eigenvalue weighted by molar-refractivity contribution is 0.0621. The first-order chi connectivity index (χ1) is 8.77. The molecule has 18 heavy (non-hydrogen) atoms. The first-order valence-electron chi connectivity index (χ1n) is 6.43. The number of hydrogen-bond donors (Lipinski definition) is 1. The molecule has 0 spiro atoms. The molecule has 0 radical (unpaired) electrons. The van der Waals surface area contributed by atoms with Crippen molar-refractivity contribution in [3.8, 4) is 0 Å². The van der Waals surface area contributed by atoms with E-state index in [4.69, 9.17) is 0 Å². The lowest BCUT2D eigenvalue weighted by atomic mass is 9.99. The van der Waals surface area contributed by atoms with Gasteiger partial charge < -0.3 is 5.32 Å². The second-order valence-corrected chi connectivity index (χ2v) is 4.98. The van der Waals surface area contributed by atoms with Crippen LogP contribution in [-0.4, -0.2) is 36.3 Å². The number of rotatable bonds is 2. The zero-order valence-corrected chi connectivity index (χ0v) is 10.2. The quantitative estimate of drug-likeness (QED) is 0.797. The lowest BCUT2D eigenvalue weighted by Crippen LogP contribution is -2.40. The first kappa shape index (κ1) is 11.4. The van der Waals surface area contributed by atoms with Gasteiger partial charge >= 0.3 is 0 Å². The van der Waals surface area contributed by atoms with Crippen LogP contribution in [-0.2, 0) is 0 Å². The Morgan fingerprint density at radius 2 is 1.83 bits per heavy atom. The van der Waals surface area contributed by atoms with Crippen molar-refractivity contribution in [2.75, 3.05) is 19.6 Å². The maximum absolute atomic E-state index is 12.2. The Morgan fingerprint density at radius 1 is 1.17 bits per heavy atom. The minimum atomic E-state index is -0.138. The van der Waals surface area contributed by atoms with Crippen LogP contribution < -0.4 is 5.32 Å². The molecule has 0 aliphatic carbocycles. The topological polar surface area (TPSA) is 49.4 Å². The molecule has 1 aromatic carbocycles. The van der Waals surface area contributed by atoms with Gasteiger partial charge in [0.1, 0.15) is 0 Å². The van der Waals surface area contributed by atoms with E-state index in [9.17, 15) is 9.59 Å². The van der Waals surface area contributed by atoms with E-state index >= 15 is 0 Å². The van der Waals surface area contributed by atoms with Crippen molar-refractivity contribution in [2.45, 2.75) is 12.8 Å². The van der Waals surface area contributed by atoms with Gasteiger partial charge in [-0.25, -0.2) is 0 Å². The van der Waals surface area contributed by atoms with Crippen molar-refractivity contribution in [1.82, 2.24) is 10.2 Å². The average molecular weight is 244 g/mol. The highest BCUT2D eigenvalue weighted by Crippen LogP contribution is 2.24. The number of nitrogens with zero attached hydrogens (tertiary/aromatic N) is 1. The minimum Gasteiger partial charge on any atom is -0.316 e. The Hall–Kier alpha value is -1.68. The number of imide groups is 1. The monoisotopic (exact) mass is 244 g/mol. The molecule has 1 saturated heterocycles. The smallest absolute Gasteiger partial charge is 0.261 e. The predicted octanol–water partition coefficient (Wildman–Crippen LogP) is 1.28. The summed E-state index contributed by atoms with van der Waals surface area (Å²) in [4.78, 5) is 25.7. The van der Waals surface area contributed by atoms with Gasteiger partial charge in [0.25, 0.3) is 11.8 Å². The van der Waals surface area contributed by atoms with Gasteiger partial charge in [-0.15, -0.1) is 0 Å². The summed E-state index contributed by atoms with van der Waals surface area (Å²) in [5, 5.41) is 3.31. The molecular formula is C14H16N2O2. The van der Waals surface area contributed by atoms with Crippen LogP contribution in [0, 0.1) is 5.92 Å². The van der Waals surface area contributed by atoms with Crippen LogP contribution in [0.15, 0.2) is 24.3 Å². The molecular weight excluding hydrogens is 228 g/mol. The summed E-state index contributed by atoms with van der Waals surface area (Å²) in [7, 11) is 0. The van der Waals surface area contributed by atoms with Gasteiger partial charge in [-0.05, 0) is 44.0 Å². The normalized spacial score (nSPS) is 23.3. The van der Waals surface area contributed by atoms with Gasteiger partial charge in [-0.3, -0.25) is 14.5 Å². The van der Waals surface area contributed by atoms with E-state index in [1.54, 1.807) is 24.3 Å². The van der Waals surface area contributed by atoms with Crippen LogP contribution in [0.2, 0.25) is 0 Å². The number of benzene rings is 1. The van der Waals surface area contributed by atoms with Crippen molar-refractivity contribution in [2.24, 2.45) is 5.92 Å². The van der Waals surface area contributed by atoms with Gasteiger partial charge in [-0.1, -0.05) is 12.1 Å². The molecule has 2 aliphatic heterocycles. The molecule has 1 N–H and O–H groups in total. The maximum atomic E-state index is 12.2. The van der Waals surface area contributed by atoms with Gasteiger partial charge in [0, 0.05) is 6.54 Å². The third-order valence-electron chi connectivity index (χ3n) is 3.72. The molecule has 2 aliphatic rings. The number of carbonyl (C=O) groups excluding carboxylic acids is 2. The highest BCUT2D eigenvalue weighted by Gasteiger charge is 2.36. The number of amides is 2. The molecule has 1 aromatic rings. The summed E-state index contributed by atoms with van der Waals surface area (Å²) < 4.78 is 0. The zero-order valence-electron chi connectivity index (χ0n) is 10.2. The lowest BCUT2D eigenvalue weighted by Gasteiger charge is -2.26. The van der Waals surface area contributed by atoms with Crippen molar-refractivity contribution >= 4 is 11.8 Å². The fourth-order valence-electron chi connectivity index (χ4n) is 2.74.